The predicted molar refractivity (Wildman–Crippen MR) is 106 cm³/mol. The monoisotopic (exact) mass is 433 g/mol. The molecule has 0 amide bonds. The smallest absolute Gasteiger partial charge is 0.423 e. The van der Waals surface area contributed by atoms with Gasteiger partial charge < -0.3 is 25.0 Å². The molecular weight excluding hydrogens is 414 g/mol. The fourth-order valence-electron chi connectivity index (χ4n) is 3.67. The molecule has 1 saturated heterocycles. The van der Waals surface area contributed by atoms with Crippen molar-refractivity contribution >= 4 is 30.0 Å². The Morgan fingerprint density at radius 1 is 1.35 bits per heavy atom. The second-order valence-electron chi connectivity index (χ2n) is 7.46. The molecule has 12 heteroatoms. The topological polar surface area (TPSA) is 112 Å². The second-order valence-corrected chi connectivity index (χ2v) is 7.46. The number of fused-ring (bicyclic) bond motifs is 1. The third-order valence-corrected chi connectivity index (χ3v) is 5.29. The molecule has 0 spiro atoms. The average molecular weight is 433 g/mol. The van der Waals surface area contributed by atoms with Crippen LogP contribution in [0.2, 0.25) is 0 Å². The van der Waals surface area contributed by atoms with E-state index in [-0.39, 0.29) is 41.2 Å². The first kappa shape index (κ1) is 21.4. The Hall–Kier alpha value is -2.88. The quantitative estimate of drug-likeness (QED) is 0.629. The number of benzene rings is 1. The van der Waals surface area contributed by atoms with Gasteiger partial charge in [0.15, 0.2) is 0 Å². The summed E-state index contributed by atoms with van der Waals surface area (Å²) in [4.78, 5) is 8.52. The highest BCUT2D eigenvalue weighted by Crippen LogP contribution is 2.33. The van der Waals surface area contributed by atoms with E-state index in [1.165, 1.54) is 12.3 Å². The van der Waals surface area contributed by atoms with E-state index in [9.17, 15) is 23.5 Å². The van der Waals surface area contributed by atoms with Crippen molar-refractivity contribution in [2.45, 2.75) is 32.2 Å². The van der Waals surface area contributed by atoms with Gasteiger partial charge in [0.05, 0.1) is 36.8 Å². The van der Waals surface area contributed by atoms with Crippen LogP contribution in [0.25, 0.3) is 0 Å². The molecule has 0 saturated carbocycles. The Kier molecular flexibility index (Phi) is 5.74. The number of hydrogen-bond acceptors (Lipinski definition) is 8. The lowest BCUT2D eigenvalue weighted by Gasteiger charge is -2.28. The van der Waals surface area contributed by atoms with E-state index in [4.69, 9.17) is 9.39 Å². The molecule has 2 aromatic rings. The molecule has 31 heavy (non-hydrogen) atoms. The zero-order valence-corrected chi connectivity index (χ0v) is 16.5. The number of nitrogens with zero attached hydrogens (tertiary/aromatic N) is 3. The lowest BCUT2D eigenvalue weighted by atomic mass is 9.75. The maximum atomic E-state index is 13.5. The number of rotatable bonds is 4. The van der Waals surface area contributed by atoms with Gasteiger partial charge in [0, 0.05) is 29.5 Å². The molecule has 0 aliphatic carbocycles. The van der Waals surface area contributed by atoms with Crippen LogP contribution in [0.15, 0.2) is 18.3 Å². The summed E-state index contributed by atoms with van der Waals surface area (Å²) in [7, 11) is -1.61. The molecule has 2 aliphatic rings. The number of hydrogen-bond donors (Lipinski definition) is 3. The van der Waals surface area contributed by atoms with E-state index in [0.717, 1.165) is 6.07 Å². The first-order chi connectivity index (χ1) is 14.8. The number of aryl methyl sites for hydroxylation is 1. The molecule has 2 atom stereocenters. The standard InChI is InChI=1S/C19H19BF3N5O3/c1-10-7-25-18(28-17(10)27-15-9-30-3-2-11(15)6-24)26-13-4-12-8-31-20(29)16(12)14(5-13)19(21,22)23/h4-5,7,11,15,29H,2-3,8-9H2,1H3,(H2,25,26,27,28)/t11-,15+/m0/s1. The summed E-state index contributed by atoms with van der Waals surface area (Å²) < 4.78 is 50.9. The highest BCUT2D eigenvalue weighted by molar-refractivity contribution is 6.62. The van der Waals surface area contributed by atoms with E-state index in [1.807, 2.05) is 0 Å². The Morgan fingerprint density at radius 3 is 2.90 bits per heavy atom. The van der Waals surface area contributed by atoms with Crippen LogP contribution >= 0.6 is 0 Å². The molecule has 0 unspecified atom stereocenters. The van der Waals surface area contributed by atoms with Crippen molar-refractivity contribution in [3.05, 3.63) is 35.0 Å². The number of aromatic nitrogens is 2. The zero-order chi connectivity index (χ0) is 22.2. The molecule has 0 bridgehead atoms. The molecule has 2 aliphatic heterocycles. The maximum Gasteiger partial charge on any atom is 0.492 e. The summed E-state index contributed by atoms with van der Waals surface area (Å²) in [6.45, 7) is 2.53. The van der Waals surface area contributed by atoms with Gasteiger partial charge in [-0.05, 0) is 31.0 Å². The van der Waals surface area contributed by atoms with Crippen LogP contribution in [0.1, 0.15) is 23.1 Å². The van der Waals surface area contributed by atoms with Gasteiger partial charge in [0.2, 0.25) is 5.95 Å². The second kappa shape index (κ2) is 8.34. The minimum atomic E-state index is -4.66. The van der Waals surface area contributed by atoms with Crippen molar-refractivity contribution < 1.29 is 27.6 Å². The van der Waals surface area contributed by atoms with Gasteiger partial charge in [-0.1, -0.05) is 0 Å². The van der Waals surface area contributed by atoms with Crippen LogP contribution in [-0.4, -0.2) is 41.4 Å². The van der Waals surface area contributed by atoms with Gasteiger partial charge in [0.25, 0.3) is 0 Å². The lowest BCUT2D eigenvalue weighted by Crippen LogP contribution is -2.38. The summed E-state index contributed by atoms with van der Waals surface area (Å²) in [5, 5.41) is 25.1. The Morgan fingerprint density at radius 2 is 2.16 bits per heavy atom. The van der Waals surface area contributed by atoms with E-state index in [0.29, 0.717) is 31.0 Å². The van der Waals surface area contributed by atoms with Crippen molar-refractivity contribution in [1.29, 1.82) is 5.26 Å². The molecule has 162 valence electrons. The van der Waals surface area contributed by atoms with Gasteiger partial charge in [0.1, 0.15) is 5.82 Å². The van der Waals surface area contributed by atoms with Crippen molar-refractivity contribution in [3.63, 3.8) is 0 Å². The number of nitrogens with one attached hydrogen (secondary N) is 2. The number of nitriles is 1. The van der Waals surface area contributed by atoms with E-state index in [1.54, 1.807) is 6.92 Å². The zero-order valence-electron chi connectivity index (χ0n) is 16.5. The first-order valence-corrected chi connectivity index (χ1v) is 9.64. The number of halogens is 3. The number of ether oxygens (including phenoxy) is 1. The summed E-state index contributed by atoms with van der Waals surface area (Å²) in [5.74, 6) is 0.312. The third kappa shape index (κ3) is 4.44. The Labute approximate surface area is 176 Å². The summed E-state index contributed by atoms with van der Waals surface area (Å²) >= 11 is 0. The Bertz CT molecular complexity index is 1030. The number of alkyl halides is 3. The fourth-order valence-corrected chi connectivity index (χ4v) is 3.67. The first-order valence-electron chi connectivity index (χ1n) is 9.64. The fraction of sp³-hybridized carbons (Fsp3) is 0.421. The minimum absolute atomic E-state index is 0.0888. The molecule has 4 rings (SSSR count). The van der Waals surface area contributed by atoms with E-state index >= 15 is 0 Å². The van der Waals surface area contributed by atoms with Crippen molar-refractivity contribution in [3.8, 4) is 6.07 Å². The molecule has 1 aromatic carbocycles. The molecule has 8 nitrogen and oxygen atoms in total. The average Bonchev–Trinajstić information content (AvgIpc) is 3.10. The summed E-state index contributed by atoms with van der Waals surface area (Å²) in [6, 6.07) is 4.37. The molecular formula is C19H19BF3N5O3. The van der Waals surface area contributed by atoms with Gasteiger partial charge in [-0.15, -0.1) is 0 Å². The van der Waals surface area contributed by atoms with Crippen LogP contribution in [0, 0.1) is 24.2 Å². The van der Waals surface area contributed by atoms with E-state index < -0.39 is 18.9 Å². The molecule has 0 radical (unpaired) electrons. The van der Waals surface area contributed by atoms with Crippen LogP contribution in [0.4, 0.5) is 30.6 Å². The van der Waals surface area contributed by atoms with Crippen LogP contribution < -0.4 is 16.1 Å². The van der Waals surface area contributed by atoms with Gasteiger partial charge in [-0.25, -0.2) is 4.98 Å². The van der Waals surface area contributed by atoms with Crippen molar-refractivity contribution in [1.82, 2.24) is 9.97 Å². The van der Waals surface area contributed by atoms with Crippen molar-refractivity contribution in [2.24, 2.45) is 5.92 Å². The summed E-state index contributed by atoms with van der Waals surface area (Å²) in [5.41, 5.74) is -0.167. The predicted octanol–water partition coefficient (Wildman–Crippen LogP) is 2.11. The van der Waals surface area contributed by atoms with Crippen LogP contribution in [0.5, 0.6) is 0 Å². The van der Waals surface area contributed by atoms with E-state index in [2.05, 4.69) is 26.7 Å². The number of anilines is 3. The maximum absolute atomic E-state index is 13.5. The largest absolute Gasteiger partial charge is 0.492 e. The summed E-state index contributed by atoms with van der Waals surface area (Å²) in [6.07, 6.45) is -2.52. The third-order valence-electron chi connectivity index (χ3n) is 5.29. The van der Waals surface area contributed by atoms with Gasteiger partial charge >= 0.3 is 13.3 Å². The van der Waals surface area contributed by atoms with Gasteiger partial charge in [-0.3, -0.25) is 0 Å². The van der Waals surface area contributed by atoms with Crippen LogP contribution in [0.3, 0.4) is 0 Å². The SMILES string of the molecule is Cc1cnc(Nc2cc3c(c(C(F)(F)F)c2)B(O)OC3)nc1N[C@@H]1COCC[C@H]1C#N. The Balaban J connectivity index is 1.61. The lowest BCUT2D eigenvalue weighted by molar-refractivity contribution is -0.136. The molecule has 1 aromatic heterocycles. The molecule has 3 N–H and O–H groups in total. The highest BCUT2D eigenvalue weighted by Gasteiger charge is 2.41. The normalized spacial score (nSPS) is 20.8. The van der Waals surface area contributed by atoms with Gasteiger partial charge in [-0.2, -0.15) is 23.4 Å². The molecule has 3 heterocycles. The minimum Gasteiger partial charge on any atom is -0.423 e. The highest BCUT2D eigenvalue weighted by atomic mass is 19.4. The van der Waals surface area contributed by atoms with Crippen molar-refractivity contribution in [2.75, 3.05) is 23.8 Å². The van der Waals surface area contributed by atoms with Crippen LogP contribution in [-0.2, 0) is 22.2 Å². The molecule has 1 fully saturated rings.